The average Bonchev–Trinajstić information content (AvgIpc) is 2.32. The van der Waals surface area contributed by atoms with Crippen LogP contribution in [0.5, 0.6) is 5.75 Å². The first-order chi connectivity index (χ1) is 8.17. The predicted octanol–water partition coefficient (Wildman–Crippen LogP) is 2.62. The standard InChI is InChI=1S/C13H17FN2O/c1-3-6-16-9-11-7-12(14)4-5-13(11)17-10(2)8-15/h4-5,7,10,16H,3,6,9H2,1-2H3. The van der Waals surface area contributed by atoms with Crippen LogP contribution < -0.4 is 10.1 Å². The van der Waals surface area contributed by atoms with Gasteiger partial charge in [0.05, 0.1) is 0 Å². The van der Waals surface area contributed by atoms with Gasteiger partial charge in [0.2, 0.25) is 0 Å². The van der Waals surface area contributed by atoms with Gasteiger partial charge in [0, 0.05) is 12.1 Å². The van der Waals surface area contributed by atoms with Crippen molar-refractivity contribution in [2.24, 2.45) is 0 Å². The number of ether oxygens (including phenoxy) is 1. The lowest BCUT2D eigenvalue weighted by atomic mass is 10.2. The third-order valence-electron chi connectivity index (χ3n) is 2.25. The highest BCUT2D eigenvalue weighted by molar-refractivity contribution is 5.34. The summed E-state index contributed by atoms with van der Waals surface area (Å²) in [6.07, 6.45) is 0.477. The van der Waals surface area contributed by atoms with Gasteiger partial charge in [-0.25, -0.2) is 4.39 Å². The van der Waals surface area contributed by atoms with Crippen LogP contribution in [0.25, 0.3) is 0 Å². The van der Waals surface area contributed by atoms with Crippen LogP contribution >= 0.6 is 0 Å². The van der Waals surface area contributed by atoms with Crippen molar-refractivity contribution >= 4 is 0 Å². The maximum atomic E-state index is 13.1. The summed E-state index contributed by atoms with van der Waals surface area (Å²) < 4.78 is 18.5. The molecule has 0 aliphatic carbocycles. The Hall–Kier alpha value is -1.60. The van der Waals surface area contributed by atoms with Gasteiger partial charge in [-0.05, 0) is 38.1 Å². The van der Waals surface area contributed by atoms with E-state index in [1.165, 1.54) is 12.1 Å². The molecule has 0 fully saturated rings. The molecule has 0 aliphatic heterocycles. The first-order valence-corrected chi connectivity index (χ1v) is 5.72. The van der Waals surface area contributed by atoms with Crippen LogP contribution in [0.4, 0.5) is 4.39 Å². The molecule has 1 rings (SSSR count). The lowest BCUT2D eigenvalue weighted by molar-refractivity contribution is 0.272. The minimum Gasteiger partial charge on any atom is -0.476 e. The Kier molecular flexibility index (Phi) is 5.44. The van der Waals surface area contributed by atoms with E-state index in [-0.39, 0.29) is 5.82 Å². The second-order valence-electron chi connectivity index (χ2n) is 3.82. The number of hydrogen-bond donors (Lipinski definition) is 1. The number of halogens is 1. The molecule has 0 aromatic heterocycles. The van der Waals surface area contributed by atoms with Crippen molar-refractivity contribution < 1.29 is 9.13 Å². The fourth-order valence-corrected chi connectivity index (χ4v) is 1.42. The van der Waals surface area contributed by atoms with E-state index < -0.39 is 6.10 Å². The zero-order valence-corrected chi connectivity index (χ0v) is 10.2. The summed E-state index contributed by atoms with van der Waals surface area (Å²) in [5.74, 6) is 0.263. The van der Waals surface area contributed by atoms with Gasteiger partial charge in [0.15, 0.2) is 6.10 Å². The largest absolute Gasteiger partial charge is 0.476 e. The van der Waals surface area contributed by atoms with Crippen LogP contribution in [0, 0.1) is 17.1 Å². The van der Waals surface area contributed by atoms with Crippen molar-refractivity contribution in [2.45, 2.75) is 32.9 Å². The van der Waals surface area contributed by atoms with Gasteiger partial charge in [-0.15, -0.1) is 0 Å². The van der Waals surface area contributed by atoms with E-state index >= 15 is 0 Å². The van der Waals surface area contributed by atoms with Crippen molar-refractivity contribution in [3.8, 4) is 11.8 Å². The van der Waals surface area contributed by atoms with Crippen LogP contribution in [-0.4, -0.2) is 12.6 Å². The third kappa shape index (κ3) is 4.41. The Bertz CT molecular complexity index is 401. The maximum Gasteiger partial charge on any atom is 0.181 e. The van der Waals surface area contributed by atoms with E-state index in [1.807, 2.05) is 6.07 Å². The normalized spacial score (nSPS) is 11.9. The molecule has 92 valence electrons. The smallest absolute Gasteiger partial charge is 0.181 e. The minimum absolute atomic E-state index is 0.296. The third-order valence-corrected chi connectivity index (χ3v) is 2.25. The quantitative estimate of drug-likeness (QED) is 0.772. The highest BCUT2D eigenvalue weighted by atomic mass is 19.1. The molecule has 3 nitrogen and oxygen atoms in total. The van der Waals surface area contributed by atoms with Crippen LogP contribution in [0.2, 0.25) is 0 Å². The van der Waals surface area contributed by atoms with E-state index in [9.17, 15) is 4.39 Å². The first kappa shape index (κ1) is 13.5. The molecule has 1 atom stereocenters. The number of benzene rings is 1. The summed E-state index contributed by atoms with van der Waals surface area (Å²) >= 11 is 0. The van der Waals surface area contributed by atoms with Crippen molar-refractivity contribution in [1.82, 2.24) is 5.32 Å². The second-order valence-corrected chi connectivity index (χ2v) is 3.82. The Morgan fingerprint density at radius 2 is 2.29 bits per heavy atom. The fraction of sp³-hybridized carbons (Fsp3) is 0.462. The van der Waals surface area contributed by atoms with Gasteiger partial charge in [-0.1, -0.05) is 6.92 Å². The maximum absolute atomic E-state index is 13.1. The Balaban J connectivity index is 2.77. The van der Waals surface area contributed by atoms with Gasteiger partial charge >= 0.3 is 0 Å². The lowest BCUT2D eigenvalue weighted by Gasteiger charge is -2.13. The molecule has 17 heavy (non-hydrogen) atoms. The summed E-state index contributed by atoms with van der Waals surface area (Å²) in [4.78, 5) is 0. The van der Waals surface area contributed by atoms with Gasteiger partial charge < -0.3 is 10.1 Å². The zero-order valence-electron chi connectivity index (χ0n) is 10.2. The number of rotatable bonds is 6. The monoisotopic (exact) mass is 236 g/mol. The van der Waals surface area contributed by atoms with Crippen molar-refractivity contribution in [1.29, 1.82) is 5.26 Å². The number of hydrogen-bond acceptors (Lipinski definition) is 3. The highest BCUT2D eigenvalue weighted by Crippen LogP contribution is 2.20. The van der Waals surface area contributed by atoms with E-state index in [1.54, 1.807) is 13.0 Å². The van der Waals surface area contributed by atoms with Crippen LogP contribution in [0.3, 0.4) is 0 Å². The molecule has 0 spiro atoms. The zero-order chi connectivity index (χ0) is 12.7. The molecule has 1 unspecified atom stereocenters. The van der Waals surface area contributed by atoms with Crippen molar-refractivity contribution in [3.63, 3.8) is 0 Å². The molecule has 4 heteroatoms. The molecule has 0 saturated carbocycles. The Morgan fingerprint density at radius 1 is 1.53 bits per heavy atom. The summed E-state index contributed by atoms with van der Waals surface area (Å²) in [7, 11) is 0. The summed E-state index contributed by atoms with van der Waals surface area (Å²) in [5.41, 5.74) is 0.737. The Labute approximate surface area is 101 Å². The first-order valence-electron chi connectivity index (χ1n) is 5.72. The average molecular weight is 236 g/mol. The number of nitriles is 1. The highest BCUT2D eigenvalue weighted by Gasteiger charge is 2.08. The molecule has 0 amide bonds. The molecule has 0 bridgehead atoms. The molecule has 1 aromatic carbocycles. The number of nitrogens with zero attached hydrogens (tertiary/aromatic N) is 1. The van der Waals surface area contributed by atoms with Gasteiger partial charge in [-0.2, -0.15) is 5.26 Å². The molecule has 0 radical (unpaired) electrons. The van der Waals surface area contributed by atoms with Gasteiger partial charge in [0.1, 0.15) is 17.6 Å². The minimum atomic E-state index is -0.537. The van der Waals surface area contributed by atoms with Crippen LogP contribution in [0.15, 0.2) is 18.2 Å². The molecule has 0 saturated heterocycles. The fourth-order valence-electron chi connectivity index (χ4n) is 1.42. The molecule has 0 heterocycles. The molecule has 0 aliphatic rings. The van der Waals surface area contributed by atoms with E-state index in [2.05, 4.69) is 12.2 Å². The SMILES string of the molecule is CCCNCc1cc(F)ccc1OC(C)C#N. The summed E-state index contributed by atoms with van der Waals surface area (Å²) in [5, 5.41) is 11.9. The van der Waals surface area contributed by atoms with E-state index in [0.29, 0.717) is 12.3 Å². The number of nitrogens with one attached hydrogen (secondary N) is 1. The predicted molar refractivity (Wildman–Crippen MR) is 64.1 cm³/mol. The van der Waals surface area contributed by atoms with E-state index in [0.717, 1.165) is 18.5 Å². The molecule has 1 aromatic rings. The van der Waals surface area contributed by atoms with Gasteiger partial charge in [-0.3, -0.25) is 0 Å². The molecular formula is C13H17FN2O. The van der Waals surface area contributed by atoms with Crippen LogP contribution in [-0.2, 0) is 6.54 Å². The summed E-state index contributed by atoms with van der Waals surface area (Å²) in [6, 6.07) is 6.32. The van der Waals surface area contributed by atoms with Gasteiger partial charge in [0.25, 0.3) is 0 Å². The molecular weight excluding hydrogens is 219 g/mol. The lowest BCUT2D eigenvalue weighted by Crippen LogP contribution is -2.16. The second kappa shape index (κ2) is 6.87. The van der Waals surface area contributed by atoms with Crippen molar-refractivity contribution in [3.05, 3.63) is 29.6 Å². The topological polar surface area (TPSA) is 45.0 Å². The van der Waals surface area contributed by atoms with Crippen molar-refractivity contribution in [2.75, 3.05) is 6.54 Å². The summed E-state index contributed by atoms with van der Waals surface area (Å²) in [6.45, 7) is 5.13. The molecule has 1 N–H and O–H groups in total. The van der Waals surface area contributed by atoms with Crippen LogP contribution in [0.1, 0.15) is 25.8 Å². The Morgan fingerprint density at radius 3 is 2.94 bits per heavy atom. The van der Waals surface area contributed by atoms with E-state index in [4.69, 9.17) is 10.00 Å².